The number of benzene rings is 2. The van der Waals surface area contributed by atoms with E-state index in [-0.39, 0.29) is 0 Å². The lowest BCUT2D eigenvalue weighted by Crippen LogP contribution is -1.89. The van der Waals surface area contributed by atoms with Crippen LogP contribution in [0.2, 0.25) is 0 Å². The smallest absolute Gasteiger partial charge is 0.0194 e. The third kappa shape index (κ3) is 2.00. The van der Waals surface area contributed by atoms with Gasteiger partial charge in [-0.3, -0.25) is 0 Å². The van der Waals surface area contributed by atoms with Gasteiger partial charge in [0.15, 0.2) is 0 Å². The monoisotopic (exact) mass is 240 g/mol. The van der Waals surface area contributed by atoms with Gasteiger partial charge in [0.1, 0.15) is 0 Å². The molecule has 2 aromatic carbocycles. The lowest BCUT2D eigenvalue weighted by Gasteiger charge is -2.10. The molecule has 1 aliphatic rings. The molecule has 0 unspecified atom stereocenters. The molecule has 0 N–H and O–H groups in total. The highest BCUT2D eigenvalue weighted by Gasteiger charge is 2.14. The van der Waals surface area contributed by atoms with E-state index in [0.29, 0.717) is 0 Å². The van der Waals surface area contributed by atoms with E-state index >= 15 is 0 Å². The molecule has 0 saturated carbocycles. The van der Waals surface area contributed by atoms with Crippen molar-refractivity contribution in [2.24, 2.45) is 0 Å². The zero-order chi connectivity index (χ0) is 11.8. The molecule has 86 valence electrons. The summed E-state index contributed by atoms with van der Waals surface area (Å²) in [7, 11) is 0. The molecule has 0 aliphatic carbocycles. The molecular weight excluding hydrogens is 224 g/mol. The SMILES string of the molecule is Cc1ccc2c(c1)CSCc1cc(C)ccc1-2. The predicted octanol–water partition coefficient (Wildman–Crippen LogP) is 4.72. The quantitative estimate of drug-likeness (QED) is 0.642. The molecule has 0 spiro atoms. The molecule has 1 heteroatoms. The maximum atomic E-state index is 2.33. The highest BCUT2D eigenvalue weighted by Crippen LogP contribution is 2.36. The zero-order valence-electron chi connectivity index (χ0n) is 10.3. The number of aryl methyl sites for hydroxylation is 2. The van der Waals surface area contributed by atoms with Crippen LogP contribution in [0.1, 0.15) is 22.3 Å². The van der Waals surface area contributed by atoms with E-state index < -0.39 is 0 Å². The molecule has 1 aliphatic heterocycles. The molecular formula is C16H16S. The van der Waals surface area contributed by atoms with Crippen molar-refractivity contribution in [3.05, 3.63) is 58.7 Å². The lowest BCUT2D eigenvalue weighted by molar-refractivity contribution is 1.35. The summed E-state index contributed by atoms with van der Waals surface area (Å²) in [5.41, 5.74) is 8.54. The minimum Gasteiger partial charge on any atom is -0.152 e. The third-order valence-corrected chi connectivity index (χ3v) is 4.36. The zero-order valence-corrected chi connectivity index (χ0v) is 11.1. The van der Waals surface area contributed by atoms with E-state index in [1.165, 1.54) is 33.4 Å². The Hall–Kier alpha value is -1.21. The van der Waals surface area contributed by atoms with E-state index in [4.69, 9.17) is 0 Å². The van der Waals surface area contributed by atoms with Crippen LogP contribution in [-0.4, -0.2) is 0 Å². The Kier molecular flexibility index (Phi) is 2.71. The van der Waals surface area contributed by atoms with Crippen molar-refractivity contribution in [2.45, 2.75) is 25.4 Å². The Morgan fingerprint density at radius 3 is 1.71 bits per heavy atom. The largest absolute Gasteiger partial charge is 0.152 e. The molecule has 0 nitrogen and oxygen atoms in total. The summed E-state index contributed by atoms with van der Waals surface area (Å²) in [5, 5.41) is 0. The summed E-state index contributed by atoms with van der Waals surface area (Å²) in [6, 6.07) is 13.7. The number of rotatable bonds is 0. The molecule has 0 bridgehead atoms. The second-order valence-electron chi connectivity index (χ2n) is 4.81. The van der Waals surface area contributed by atoms with Crippen molar-refractivity contribution >= 4 is 11.8 Å². The fourth-order valence-electron chi connectivity index (χ4n) is 2.48. The summed E-state index contributed by atoms with van der Waals surface area (Å²) in [6.07, 6.45) is 0. The van der Waals surface area contributed by atoms with Crippen LogP contribution < -0.4 is 0 Å². The van der Waals surface area contributed by atoms with Crippen LogP contribution in [0.5, 0.6) is 0 Å². The maximum Gasteiger partial charge on any atom is 0.0194 e. The molecule has 0 saturated heterocycles. The van der Waals surface area contributed by atoms with Crippen LogP contribution in [-0.2, 0) is 11.5 Å². The minimum atomic E-state index is 1.13. The Bertz CT molecular complexity index is 518. The van der Waals surface area contributed by atoms with Crippen molar-refractivity contribution in [1.29, 1.82) is 0 Å². The van der Waals surface area contributed by atoms with Gasteiger partial charge in [0.2, 0.25) is 0 Å². The molecule has 0 amide bonds. The van der Waals surface area contributed by atoms with Crippen molar-refractivity contribution in [1.82, 2.24) is 0 Å². The van der Waals surface area contributed by atoms with E-state index in [0.717, 1.165) is 11.5 Å². The first-order valence-corrected chi connectivity index (χ1v) is 7.17. The molecule has 3 rings (SSSR count). The molecule has 1 heterocycles. The molecule has 17 heavy (non-hydrogen) atoms. The van der Waals surface area contributed by atoms with Crippen molar-refractivity contribution in [3.8, 4) is 11.1 Å². The normalized spacial score (nSPS) is 13.8. The first kappa shape index (κ1) is 10.9. The van der Waals surface area contributed by atoms with Gasteiger partial charge in [-0.05, 0) is 36.1 Å². The average molecular weight is 240 g/mol. The Balaban J connectivity index is 2.24. The number of hydrogen-bond acceptors (Lipinski definition) is 1. The van der Waals surface area contributed by atoms with Gasteiger partial charge in [0.05, 0.1) is 0 Å². The first-order chi connectivity index (χ1) is 8.24. The lowest BCUT2D eigenvalue weighted by atomic mass is 9.94. The van der Waals surface area contributed by atoms with Crippen molar-refractivity contribution in [3.63, 3.8) is 0 Å². The van der Waals surface area contributed by atoms with Gasteiger partial charge in [-0.25, -0.2) is 0 Å². The van der Waals surface area contributed by atoms with Gasteiger partial charge in [-0.1, -0.05) is 47.5 Å². The molecule has 2 aromatic rings. The Morgan fingerprint density at radius 2 is 1.24 bits per heavy atom. The van der Waals surface area contributed by atoms with Crippen LogP contribution >= 0.6 is 11.8 Å². The first-order valence-electron chi connectivity index (χ1n) is 6.01. The molecule has 0 aromatic heterocycles. The second-order valence-corrected chi connectivity index (χ2v) is 5.80. The topological polar surface area (TPSA) is 0 Å². The minimum absolute atomic E-state index is 1.13. The fourth-order valence-corrected chi connectivity index (χ4v) is 3.50. The molecule has 0 atom stereocenters. The molecule has 0 radical (unpaired) electrons. The summed E-state index contributed by atoms with van der Waals surface area (Å²) in [5.74, 6) is 2.26. The van der Waals surface area contributed by atoms with E-state index in [1.807, 2.05) is 11.8 Å². The summed E-state index contributed by atoms with van der Waals surface area (Å²) in [4.78, 5) is 0. The number of fused-ring (bicyclic) bond motifs is 3. The van der Waals surface area contributed by atoms with Crippen LogP contribution in [0.3, 0.4) is 0 Å². The third-order valence-electron chi connectivity index (χ3n) is 3.33. The van der Waals surface area contributed by atoms with Crippen molar-refractivity contribution < 1.29 is 0 Å². The van der Waals surface area contributed by atoms with Crippen LogP contribution in [0.4, 0.5) is 0 Å². The molecule has 0 fully saturated rings. The summed E-state index contributed by atoms with van der Waals surface area (Å²) < 4.78 is 0. The number of thioether (sulfide) groups is 1. The fraction of sp³-hybridized carbons (Fsp3) is 0.250. The van der Waals surface area contributed by atoms with Crippen LogP contribution in [0.25, 0.3) is 11.1 Å². The van der Waals surface area contributed by atoms with Gasteiger partial charge in [-0.2, -0.15) is 11.8 Å². The Morgan fingerprint density at radius 1 is 0.765 bits per heavy atom. The van der Waals surface area contributed by atoms with Gasteiger partial charge in [0.25, 0.3) is 0 Å². The standard InChI is InChI=1S/C16H16S/c1-11-3-5-15-13(7-11)9-17-10-14-8-12(2)4-6-16(14)15/h3-8H,9-10H2,1-2H3. The summed E-state index contributed by atoms with van der Waals surface area (Å²) in [6.45, 7) is 4.35. The highest BCUT2D eigenvalue weighted by molar-refractivity contribution is 7.97. The van der Waals surface area contributed by atoms with Crippen LogP contribution in [0.15, 0.2) is 36.4 Å². The van der Waals surface area contributed by atoms with Crippen LogP contribution in [0, 0.1) is 13.8 Å². The maximum absolute atomic E-state index is 2.33. The van der Waals surface area contributed by atoms with E-state index in [2.05, 4.69) is 50.2 Å². The van der Waals surface area contributed by atoms with Gasteiger partial charge >= 0.3 is 0 Å². The predicted molar refractivity (Wildman–Crippen MR) is 76.4 cm³/mol. The van der Waals surface area contributed by atoms with Crippen molar-refractivity contribution in [2.75, 3.05) is 0 Å². The van der Waals surface area contributed by atoms with Gasteiger partial charge < -0.3 is 0 Å². The highest BCUT2D eigenvalue weighted by atomic mass is 32.2. The van der Waals surface area contributed by atoms with E-state index in [9.17, 15) is 0 Å². The van der Waals surface area contributed by atoms with Gasteiger partial charge in [0, 0.05) is 11.5 Å². The van der Waals surface area contributed by atoms with Gasteiger partial charge in [-0.15, -0.1) is 0 Å². The Labute approximate surface area is 107 Å². The van der Waals surface area contributed by atoms with E-state index in [1.54, 1.807) is 0 Å². The average Bonchev–Trinajstić information content (AvgIpc) is 2.47. The number of hydrogen-bond donors (Lipinski definition) is 0. The second kappa shape index (κ2) is 4.23. The summed E-state index contributed by atoms with van der Waals surface area (Å²) >= 11 is 2.02.